The van der Waals surface area contributed by atoms with Crippen molar-refractivity contribution < 1.29 is 51.1 Å². The molecule has 85 heavy (non-hydrogen) atoms. The summed E-state index contributed by atoms with van der Waals surface area (Å²) in [5.74, 6) is 6.25. The average Bonchev–Trinajstić information content (AvgIpc) is 3.58. The molecule has 0 saturated heterocycles. The van der Waals surface area contributed by atoms with Crippen LogP contribution >= 0.6 is 0 Å². The molecule has 0 unspecified atom stereocenters. The fraction of sp³-hybridized carbons (Fsp3) is 0.351. The molecule has 8 aromatic rings. The Morgan fingerprint density at radius 3 is 0.953 bits per heavy atom. The maximum atomic E-state index is 12.8. The summed E-state index contributed by atoms with van der Waals surface area (Å²) in [5, 5.41) is 0. The number of ether oxygens (including phenoxy) is 8. The zero-order chi connectivity index (χ0) is 64.8. The SMILES string of the molecule is COc1cc(C)c(C)c(C)c1.COc1cc(C)cc(C)c1C.COc1cc(C)cc(OC)c1C.COc1ccc(C)c(C)c1.COc1cccc(C)c1C.COc1cccc(OC)c1C.Cc1cc(C)c(C)c(F)c1.Cc1cc(F)cc(F)c1C. The lowest BCUT2D eigenvalue weighted by atomic mass is 10.0. The molecule has 0 N–H and O–H groups in total. The Morgan fingerprint density at radius 1 is 0.224 bits per heavy atom. The molecular weight excluding hydrogens is 1070 g/mol. The van der Waals surface area contributed by atoms with Crippen molar-refractivity contribution in [1.82, 2.24) is 0 Å². The number of hydrogen-bond donors (Lipinski definition) is 0. The Labute approximate surface area is 509 Å². The highest BCUT2D eigenvalue weighted by atomic mass is 19.1. The molecule has 0 saturated carbocycles. The molecular formula is C74H97F3O8. The van der Waals surface area contributed by atoms with Crippen LogP contribution in [0.5, 0.6) is 46.0 Å². The van der Waals surface area contributed by atoms with E-state index in [0.29, 0.717) is 11.1 Å². The topological polar surface area (TPSA) is 73.8 Å². The number of benzene rings is 8. The first kappa shape index (κ1) is 75.0. The van der Waals surface area contributed by atoms with Crippen LogP contribution in [-0.4, -0.2) is 56.9 Å². The zero-order valence-corrected chi connectivity index (χ0v) is 55.9. The number of methoxy groups -OCH3 is 8. The summed E-state index contributed by atoms with van der Waals surface area (Å²) in [6.45, 7) is 35.8. The van der Waals surface area contributed by atoms with Crippen LogP contribution in [0.25, 0.3) is 0 Å². The molecule has 0 radical (unpaired) electrons. The molecule has 8 aromatic carbocycles. The summed E-state index contributed by atoms with van der Waals surface area (Å²) >= 11 is 0. The van der Waals surface area contributed by atoms with E-state index in [4.69, 9.17) is 37.9 Å². The van der Waals surface area contributed by atoms with E-state index in [0.717, 1.165) is 85.4 Å². The van der Waals surface area contributed by atoms with Crippen LogP contribution in [-0.2, 0) is 0 Å². The molecule has 462 valence electrons. The highest BCUT2D eigenvalue weighted by molar-refractivity contribution is 5.47. The second-order valence-corrected chi connectivity index (χ2v) is 20.7. The van der Waals surface area contributed by atoms with E-state index in [1.54, 1.807) is 83.7 Å². The van der Waals surface area contributed by atoms with Crippen molar-refractivity contribution in [2.75, 3.05) is 56.9 Å². The smallest absolute Gasteiger partial charge is 0.129 e. The number of halogens is 3. The zero-order valence-electron chi connectivity index (χ0n) is 55.9. The van der Waals surface area contributed by atoms with E-state index in [2.05, 4.69) is 106 Å². The van der Waals surface area contributed by atoms with Crippen LogP contribution < -0.4 is 37.9 Å². The first-order valence-electron chi connectivity index (χ1n) is 28.0. The summed E-state index contributed by atoms with van der Waals surface area (Å²) < 4.78 is 78.9. The number of rotatable bonds is 8. The van der Waals surface area contributed by atoms with Crippen LogP contribution in [0, 0.1) is 142 Å². The Hall–Kier alpha value is -8.05. The van der Waals surface area contributed by atoms with Crippen LogP contribution in [0.3, 0.4) is 0 Å². The van der Waals surface area contributed by atoms with Gasteiger partial charge in [-0.15, -0.1) is 0 Å². The van der Waals surface area contributed by atoms with Gasteiger partial charge in [0.1, 0.15) is 63.4 Å². The predicted octanol–water partition coefficient (Wildman–Crippen LogP) is 19.5. The molecule has 8 rings (SSSR count). The molecule has 0 atom stereocenters. The van der Waals surface area contributed by atoms with Crippen LogP contribution in [0.1, 0.15) is 100 Å². The number of aryl methyl sites for hydroxylation is 11. The van der Waals surface area contributed by atoms with E-state index in [1.807, 2.05) is 95.3 Å². The second-order valence-electron chi connectivity index (χ2n) is 20.7. The van der Waals surface area contributed by atoms with Crippen LogP contribution in [0.4, 0.5) is 13.2 Å². The highest BCUT2D eigenvalue weighted by Gasteiger charge is 2.07. The summed E-state index contributed by atoms with van der Waals surface area (Å²) in [7, 11) is 13.4. The number of hydrogen-bond acceptors (Lipinski definition) is 8. The highest BCUT2D eigenvalue weighted by Crippen LogP contribution is 2.30. The summed E-state index contributed by atoms with van der Waals surface area (Å²) in [4.78, 5) is 0. The maximum absolute atomic E-state index is 12.8. The Kier molecular flexibility index (Phi) is 33.5. The van der Waals surface area contributed by atoms with Gasteiger partial charge >= 0.3 is 0 Å². The van der Waals surface area contributed by atoms with E-state index in [1.165, 1.54) is 61.7 Å². The molecule has 0 spiro atoms. The lowest BCUT2D eigenvalue weighted by molar-refractivity contribution is 0.388. The van der Waals surface area contributed by atoms with Gasteiger partial charge in [-0.05, 0) is 286 Å². The van der Waals surface area contributed by atoms with E-state index < -0.39 is 11.6 Å². The minimum Gasteiger partial charge on any atom is -0.497 e. The van der Waals surface area contributed by atoms with Crippen LogP contribution in [0.15, 0.2) is 115 Å². The van der Waals surface area contributed by atoms with Crippen molar-refractivity contribution in [1.29, 1.82) is 0 Å². The molecule has 0 aliphatic rings. The molecule has 0 aliphatic heterocycles. The van der Waals surface area contributed by atoms with Gasteiger partial charge in [-0.2, -0.15) is 0 Å². The van der Waals surface area contributed by atoms with Crippen molar-refractivity contribution in [2.24, 2.45) is 0 Å². The largest absolute Gasteiger partial charge is 0.497 e. The minimum absolute atomic E-state index is 0.0995. The first-order valence-corrected chi connectivity index (χ1v) is 28.0. The van der Waals surface area contributed by atoms with Gasteiger partial charge in [0.25, 0.3) is 0 Å². The lowest BCUT2D eigenvalue weighted by Gasteiger charge is -2.10. The minimum atomic E-state index is -0.513. The van der Waals surface area contributed by atoms with Crippen molar-refractivity contribution in [3.63, 3.8) is 0 Å². The van der Waals surface area contributed by atoms with Gasteiger partial charge in [0, 0.05) is 17.2 Å². The molecule has 0 aliphatic carbocycles. The van der Waals surface area contributed by atoms with Gasteiger partial charge < -0.3 is 37.9 Å². The Bertz CT molecular complexity index is 3170. The fourth-order valence-electron chi connectivity index (χ4n) is 8.13. The van der Waals surface area contributed by atoms with Gasteiger partial charge in [-0.25, -0.2) is 13.2 Å². The third kappa shape index (κ3) is 25.0. The van der Waals surface area contributed by atoms with Gasteiger partial charge in [0.2, 0.25) is 0 Å². The van der Waals surface area contributed by atoms with Gasteiger partial charge in [0.05, 0.1) is 56.9 Å². The summed E-state index contributed by atoms with van der Waals surface area (Å²) in [5.41, 5.74) is 20.0. The van der Waals surface area contributed by atoms with Crippen molar-refractivity contribution in [3.05, 3.63) is 233 Å². The molecule has 0 bridgehead atoms. The van der Waals surface area contributed by atoms with Crippen molar-refractivity contribution in [3.8, 4) is 46.0 Å². The van der Waals surface area contributed by atoms with Crippen molar-refractivity contribution >= 4 is 0 Å². The molecule has 0 fully saturated rings. The second kappa shape index (κ2) is 38.0. The van der Waals surface area contributed by atoms with Gasteiger partial charge in [-0.3, -0.25) is 0 Å². The maximum Gasteiger partial charge on any atom is 0.129 e. The third-order valence-corrected chi connectivity index (χ3v) is 14.5. The van der Waals surface area contributed by atoms with E-state index in [-0.39, 0.29) is 5.82 Å². The van der Waals surface area contributed by atoms with E-state index in [9.17, 15) is 13.2 Å². The van der Waals surface area contributed by atoms with Gasteiger partial charge in [-0.1, -0.05) is 36.4 Å². The quantitative estimate of drug-likeness (QED) is 0.149. The normalized spacial score (nSPS) is 9.71. The Balaban J connectivity index is 0.000000486. The summed E-state index contributed by atoms with van der Waals surface area (Å²) in [6.07, 6.45) is 0. The fourth-order valence-corrected chi connectivity index (χ4v) is 8.13. The van der Waals surface area contributed by atoms with E-state index >= 15 is 0 Å². The lowest BCUT2D eigenvalue weighted by Crippen LogP contribution is -1.93. The average molecular weight is 1170 g/mol. The standard InChI is InChI=1S/C10H14O2.2C10H14O.C9H11F.C9H12O2.2C9H12O.C8H8F2/c1-7-5-9(11-3)8(2)10(6-7)12-4;1-7-5-10(11-4)6-8(2)9(7)3;1-7-5-8(2)9(3)10(6-7)11-4;1-6-4-7(2)8(3)9(10)5-6;1-7-8(10-2)5-4-6-9(7)11-3;1-7-4-5-9(10-3)6-8(7)2;1-7-5-4-6-9(10-3)8(7)2;1-5-3-7(9)4-8(10)6(5)2/h5-6H,1-4H3;2*5-6H,1-4H3;4-5H,1-3H3;4-6H,1-3H3;2*4-6H,1-3H3;3-4H,1-2H3. The molecule has 0 aromatic heterocycles. The molecule has 11 heteroatoms. The third-order valence-electron chi connectivity index (χ3n) is 14.5. The Morgan fingerprint density at radius 2 is 0.553 bits per heavy atom. The van der Waals surface area contributed by atoms with Crippen molar-refractivity contribution in [2.45, 2.75) is 125 Å². The monoisotopic (exact) mass is 1170 g/mol. The predicted molar refractivity (Wildman–Crippen MR) is 349 cm³/mol. The molecule has 0 amide bonds. The molecule has 8 nitrogen and oxygen atoms in total. The first-order chi connectivity index (χ1) is 40.0. The summed E-state index contributed by atoms with van der Waals surface area (Å²) in [6, 6.07) is 36.0. The molecule has 0 heterocycles. The van der Waals surface area contributed by atoms with Gasteiger partial charge in [0.15, 0.2) is 0 Å². The van der Waals surface area contributed by atoms with Crippen LogP contribution in [0.2, 0.25) is 0 Å².